The van der Waals surface area contributed by atoms with Crippen molar-refractivity contribution in [2.24, 2.45) is 5.73 Å². The summed E-state index contributed by atoms with van der Waals surface area (Å²) in [6.45, 7) is 3.96. The zero-order valence-electron chi connectivity index (χ0n) is 10.3. The molecule has 0 radical (unpaired) electrons. The Balaban J connectivity index is 1.99. The van der Waals surface area contributed by atoms with E-state index < -0.39 is 5.54 Å². The molecule has 0 saturated heterocycles. The summed E-state index contributed by atoms with van der Waals surface area (Å²) in [5, 5.41) is 3.92. The van der Waals surface area contributed by atoms with Gasteiger partial charge in [0.2, 0.25) is 5.91 Å². The number of rotatable bonds is 3. The van der Waals surface area contributed by atoms with Crippen LogP contribution >= 0.6 is 11.3 Å². The van der Waals surface area contributed by atoms with E-state index in [4.69, 9.17) is 5.73 Å². The van der Waals surface area contributed by atoms with Crippen LogP contribution in [0, 0.1) is 6.92 Å². The molecule has 1 saturated carbocycles. The highest BCUT2D eigenvalue weighted by Gasteiger charge is 2.37. The molecule has 0 aliphatic heterocycles. The summed E-state index contributed by atoms with van der Waals surface area (Å²) in [7, 11) is 0. The maximum atomic E-state index is 12.1. The second-order valence-electron chi connectivity index (χ2n) is 4.87. The van der Waals surface area contributed by atoms with Gasteiger partial charge in [0.25, 0.3) is 0 Å². The number of nitrogens with one attached hydrogen (secondary N) is 1. The molecule has 0 bridgehead atoms. The summed E-state index contributed by atoms with van der Waals surface area (Å²) in [6.07, 6.45) is 5.52. The van der Waals surface area contributed by atoms with E-state index in [1.54, 1.807) is 11.3 Å². The Labute approximate surface area is 106 Å². The molecule has 4 nitrogen and oxygen atoms in total. The van der Waals surface area contributed by atoms with Crippen LogP contribution in [-0.2, 0) is 4.79 Å². The number of amides is 1. The van der Waals surface area contributed by atoms with Gasteiger partial charge in [-0.25, -0.2) is 4.98 Å². The first-order valence-corrected chi connectivity index (χ1v) is 6.85. The molecule has 5 heteroatoms. The molecule has 2 rings (SSSR count). The first-order chi connectivity index (χ1) is 8.01. The molecule has 1 aromatic heterocycles. The Hall–Kier alpha value is -0.940. The number of thiazole rings is 1. The van der Waals surface area contributed by atoms with E-state index in [0.29, 0.717) is 0 Å². The highest BCUT2D eigenvalue weighted by atomic mass is 32.1. The van der Waals surface area contributed by atoms with Gasteiger partial charge in [-0.3, -0.25) is 4.79 Å². The van der Waals surface area contributed by atoms with E-state index in [1.807, 2.05) is 20.0 Å². The average molecular weight is 253 g/mol. The summed E-state index contributed by atoms with van der Waals surface area (Å²) < 4.78 is 0. The maximum Gasteiger partial charge on any atom is 0.240 e. The Morgan fingerprint density at radius 3 is 2.76 bits per heavy atom. The Kier molecular flexibility index (Phi) is 3.49. The lowest BCUT2D eigenvalue weighted by Crippen LogP contribution is -2.52. The van der Waals surface area contributed by atoms with E-state index in [1.165, 1.54) is 0 Å². The third-order valence-corrected chi connectivity index (χ3v) is 4.40. The van der Waals surface area contributed by atoms with Gasteiger partial charge in [-0.1, -0.05) is 12.8 Å². The van der Waals surface area contributed by atoms with E-state index in [9.17, 15) is 4.79 Å². The van der Waals surface area contributed by atoms with Crippen molar-refractivity contribution in [1.82, 2.24) is 10.3 Å². The van der Waals surface area contributed by atoms with Crippen LogP contribution in [0.5, 0.6) is 0 Å². The summed E-state index contributed by atoms with van der Waals surface area (Å²) in [4.78, 5) is 17.5. The number of nitrogens with zero attached hydrogens (tertiary/aromatic N) is 1. The number of carbonyl (C=O) groups excluding carboxylic acids is 1. The molecule has 94 valence electrons. The second kappa shape index (κ2) is 4.74. The summed E-state index contributed by atoms with van der Waals surface area (Å²) in [6, 6.07) is -0.0535. The highest BCUT2D eigenvalue weighted by molar-refractivity contribution is 7.11. The van der Waals surface area contributed by atoms with Crippen molar-refractivity contribution in [1.29, 1.82) is 0 Å². The maximum absolute atomic E-state index is 12.1. The molecule has 1 fully saturated rings. The molecule has 1 aromatic rings. The fourth-order valence-electron chi connectivity index (χ4n) is 2.21. The topological polar surface area (TPSA) is 68.0 Å². The number of aryl methyl sites for hydroxylation is 1. The van der Waals surface area contributed by atoms with E-state index in [2.05, 4.69) is 10.3 Å². The molecule has 1 aliphatic rings. The van der Waals surface area contributed by atoms with Crippen molar-refractivity contribution < 1.29 is 4.79 Å². The molecule has 1 atom stereocenters. The monoisotopic (exact) mass is 253 g/mol. The lowest BCUT2D eigenvalue weighted by Gasteiger charge is -2.24. The molecule has 1 unspecified atom stereocenters. The standard InChI is InChI=1S/C12H19N3OS/c1-8-7-14-10(17-8)9(2)15-11(16)12(13)5-3-4-6-12/h7,9H,3-6,13H2,1-2H3,(H,15,16). The number of carbonyl (C=O) groups is 1. The molecular formula is C12H19N3OS. The minimum atomic E-state index is -0.652. The summed E-state index contributed by atoms with van der Waals surface area (Å²) in [5.41, 5.74) is 5.45. The number of hydrogen-bond acceptors (Lipinski definition) is 4. The molecule has 0 spiro atoms. The van der Waals surface area contributed by atoms with Crippen molar-refractivity contribution in [3.63, 3.8) is 0 Å². The normalized spacial score (nSPS) is 20.2. The Bertz CT molecular complexity index is 410. The zero-order valence-corrected chi connectivity index (χ0v) is 11.1. The van der Waals surface area contributed by atoms with Crippen molar-refractivity contribution in [3.05, 3.63) is 16.1 Å². The minimum absolute atomic E-state index is 0.0321. The highest BCUT2D eigenvalue weighted by Crippen LogP contribution is 2.28. The summed E-state index contributed by atoms with van der Waals surface area (Å²) >= 11 is 1.61. The predicted molar refractivity (Wildman–Crippen MR) is 68.8 cm³/mol. The molecule has 0 aromatic carbocycles. The van der Waals surface area contributed by atoms with Crippen LogP contribution in [0.3, 0.4) is 0 Å². The van der Waals surface area contributed by atoms with E-state index in [0.717, 1.165) is 35.6 Å². The molecule has 1 amide bonds. The fraction of sp³-hybridized carbons (Fsp3) is 0.667. The van der Waals surface area contributed by atoms with E-state index in [-0.39, 0.29) is 11.9 Å². The third kappa shape index (κ3) is 2.66. The first-order valence-electron chi connectivity index (χ1n) is 6.03. The van der Waals surface area contributed by atoms with Gasteiger partial charge in [0, 0.05) is 11.1 Å². The van der Waals surface area contributed by atoms with Crippen LogP contribution in [0.15, 0.2) is 6.20 Å². The molecule has 1 aliphatic carbocycles. The van der Waals surface area contributed by atoms with Gasteiger partial charge < -0.3 is 11.1 Å². The van der Waals surface area contributed by atoms with Gasteiger partial charge in [0.05, 0.1) is 11.6 Å². The SMILES string of the molecule is Cc1cnc(C(C)NC(=O)C2(N)CCCC2)s1. The van der Waals surface area contributed by atoms with Gasteiger partial charge in [-0.2, -0.15) is 0 Å². The Morgan fingerprint density at radius 2 is 2.24 bits per heavy atom. The smallest absolute Gasteiger partial charge is 0.240 e. The van der Waals surface area contributed by atoms with Crippen LogP contribution in [0.2, 0.25) is 0 Å². The molecule has 17 heavy (non-hydrogen) atoms. The third-order valence-electron chi connectivity index (χ3n) is 3.31. The van der Waals surface area contributed by atoms with Gasteiger partial charge in [0.1, 0.15) is 5.01 Å². The molecule has 1 heterocycles. The van der Waals surface area contributed by atoms with Crippen molar-refractivity contribution >= 4 is 17.2 Å². The largest absolute Gasteiger partial charge is 0.346 e. The lowest BCUT2D eigenvalue weighted by molar-refractivity contribution is -0.126. The van der Waals surface area contributed by atoms with Gasteiger partial charge >= 0.3 is 0 Å². The second-order valence-corrected chi connectivity index (χ2v) is 6.13. The van der Waals surface area contributed by atoms with Crippen LogP contribution in [0.4, 0.5) is 0 Å². The first kappa shape index (κ1) is 12.5. The zero-order chi connectivity index (χ0) is 12.5. The number of hydrogen-bond donors (Lipinski definition) is 2. The number of aromatic nitrogens is 1. The van der Waals surface area contributed by atoms with Crippen LogP contribution in [0.1, 0.15) is 48.5 Å². The fourth-order valence-corrected chi connectivity index (χ4v) is 2.98. The minimum Gasteiger partial charge on any atom is -0.346 e. The quantitative estimate of drug-likeness (QED) is 0.864. The van der Waals surface area contributed by atoms with Crippen molar-refractivity contribution in [2.75, 3.05) is 0 Å². The Morgan fingerprint density at radius 1 is 1.59 bits per heavy atom. The summed E-state index contributed by atoms with van der Waals surface area (Å²) in [5.74, 6) is -0.0321. The van der Waals surface area contributed by atoms with Crippen LogP contribution in [-0.4, -0.2) is 16.4 Å². The average Bonchev–Trinajstić information content (AvgIpc) is 2.88. The van der Waals surface area contributed by atoms with Gasteiger partial charge in [-0.15, -0.1) is 11.3 Å². The number of nitrogens with two attached hydrogens (primary N) is 1. The van der Waals surface area contributed by atoms with Gasteiger partial charge in [-0.05, 0) is 26.7 Å². The van der Waals surface area contributed by atoms with E-state index >= 15 is 0 Å². The molecule has 3 N–H and O–H groups in total. The van der Waals surface area contributed by atoms with Crippen LogP contribution < -0.4 is 11.1 Å². The van der Waals surface area contributed by atoms with Crippen molar-refractivity contribution in [3.8, 4) is 0 Å². The lowest BCUT2D eigenvalue weighted by atomic mass is 9.98. The van der Waals surface area contributed by atoms with Crippen LogP contribution in [0.25, 0.3) is 0 Å². The van der Waals surface area contributed by atoms with Crippen molar-refractivity contribution in [2.45, 2.75) is 51.1 Å². The molecular weight excluding hydrogens is 234 g/mol. The predicted octanol–water partition coefficient (Wildman–Crippen LogP) is 1.90. The van der Waals surface area contributed by atoms with Gasteiger partial charge in [0.15, 0.2) is 0 Å².